The van der Waals surface area contributed by atoms with Crippen LogP contribution in [0.25, 0.3) is 0 Å². The normalized spacial score (nSPS) is 10.6. The van der Waals surface area contributed by atoms with Gasteiger partial charge in [-0.05, 0) is 13.0 Å². The molecule has 0 aliphatic heterocycles. The third kappa shape index (κ3) is 2.68. The van der Waals surface area contributed by atoms with Crippen molar-refractivity contribution in [3.63, 3.8) is 0 Å². The Kier molecular flexibility index (Phi) is 3.95. The Morgan fingerprint density at radius 1 is 1.28 bits per heavy atom. The third-order valence-electron chi connectivity index (χ3n) is 2.75. The minimum atomic E-state index is -0.00134. The van der Waals surface area contributed by atoms with Gasteiger partial charge in [0.15, 0.2) is 5.78 Å². The van der Waals surface area contributed by atoms with E-state index in [1.807, 2.05) is 37.3 Å². The molecule has 0 spiro atoms. The van der Waals surface area contributed by atoms with Gasteiger partial charge in [-0.15, -0.1) is 0 Å². The predicted molar refractivity (Wildman–Crippen MR) is 68.9 cm³/mol. The van der Waals surface area contributed by atoms with Crippen molar-refractivity contribution < 1.29 is 13.9 Å². The van der Waals surface area contributed by atoms with Gasteiger partial charge in [-0.1, -0.05) is 30.3 Å². The van der Waals surface area contributed by atoms with Gasteiger partial charge in [-0.2, -0.15) is 0 Å². The molecule has 1 aromatic heterocycles. The van der Waals surface area contributed by atoms with Crippen molar-refractivity contribution in [3.05, 3.63) is 59.0 Å². The first-order valence-corrected chi connectivity index (χ1v) is 5.90. The van der Waals surface area contributed by atoms with Crippen LogP contribution in [0.4, 0.5) is 0 Å². The predicted octanol–water partition coefficient (Wildman–Crippen LogP) is 3.01. The Morgan fingerprint density at radius 2 is 2.00 bits per heavy atom. The fourth-order valence-corrected chi connectivity index (χ4v) is 1.88. The molecule has 0 saturated carbocycles. The first kappa shape index (κ1) is 12.6. The number of methoxy groups -OCH3 is 1. The van der Waals surface area contributed by atoms with E-state index in [1.54, 1.807) is 13.2 Å². The zero-order valence-electron chi connectivity index (χ0n) is 10.6. The molecule has 0 atom stereocenters. The van der Waals surface area contributed by atoms with Crippen LogP contribution in [0.3, 0.4) is 0 Å². The van der Waals surface area contributed by atoms with E-state index >= 15 is 0 Å². The summed E-state index contributed by atoms with van der Waals surface area (Å²) in [5.74, 6) is 1.45. The van der Waals surface area contributed by atoms with Crippen molar-refractivity contribution in [2.45, 2.75) is 13.3 Å². The van der Waals surface area contributed by atoms with E-state index in [0.717, 1.165) is 5.76 Å². The van der Waals surface area contributed by atoms with Gasteiger partial charge >= 0.3 is 0 Å². The second-order valence-electron chi connectivity index (χ2n) is 4.13. The maximum atomic E-state index is 12.3. The highest BCUT2D eigenvalue weighted by molar-refractivity contribution is 6.09. The standard InChI is InChI=1S/C15H16O3/c1-11-10-13(14(18-11)8-9-17-2)15(16)12-6-4-3-5-7-12/h3-7,10H,8-9H2,1-2H3. The Hall–Kier alpha value is -1.87. The summed E-state index contributed by atoms with van der Waals surface area (Å²) < 4.78 is 10.6. The van der Waals surface area contributed by atoms with Crippen molar-refractivity contribution in [3.8, 4) is 0 Å². The van der Waals surface area contributed by atoms with Crippen LogP contribution >= 0.6 is 0 Å². The summed E-state index contributed by atoms with van der Waals surface area (Å²) in [5, 5.41) is 0. The third-order valence-corrected chi connectivity index (χ3v) is 2.75. The number of benzene rings is 1. The molecule has 1 aromatic carbocycles. The maximum Gasteiger partial charge on any atom is 0.196 e. The summed E-state index contributed by atoms with van der Waals surface area (Å²) in [6, 6.07) is 11.0. The molecule has 2 aromatic rings. The Bertz CT molecular complexity index is 526. The molecule has 94 valence electrons. The molecule has 0 amide bonds. The molecule has 0 fully saturated rings. The Labute approximate surface area is 106 Å². The number of ketones is 1. The Morgan fingerprint density at radius 3 is 2.67 bits per heavy atom. The monoisotopic (exact) mass is 244 g/mol. The van der Waals surface area contributed by atoms with Crippen LogP contribution in [0.2, 0.25) is 0 Å². The molecule has 0 aliphatic rings. The highest BCUT2D eigenvalue weighted by atomic mass is 16.5. The van der Waals surface area contributed by atoms with Crippen LogP contribution in [0.1, 0.15) is 27.4 Å². The van der Waals surface area contributed by atoms with Gasteiger partial charge in [-0.25, -0.2) is 0 Å². The van der Waals surface area contributed by atoms with Gasteiger partial charge in [0.05, 0.1) is 12.2 Å². The number of hydrogen-bond acceptors (Lipinski definition) is 3. The van der Waals surface area contributed by atoms with E-state index in [-0.39, 0.29) is 5.78 Å². The lowest BCUT2D eigenvalue weighted by molar-refractivity contribution is 0.103. The SMILES string of the molecule is COCCc1oc(C)cc1C(=O)c1ccccc1. The van der Waals surface area contributed by atoms with E-state index in [1.165, 1.54) is 0 Å². The molecule has 0 saturated heterocycles. The molecule has 0 bridgehead atoms. The maximum absolute atomic E-state index is 12.3. The summed E-state index contributed by atoms with van der Waals surface area (Å²) in [7, 11) is 1.63. The summed E-state index contributed by atoms with van der Waals surface area (Å²) in [5.41, 5.74) is 1.31. The summed E-state index contributed by atoms with van der Waals surface area (Å²) in [6.45, 7) is 2.39. The molecule has 2 rings (SSSR count). The van der Waals surface area contributed by atoms with Crippen LogP contribution < -0.4 is 0 Å². The first-order valence-electron chi connectivity index (χ1n) is 5.90. The minimum Gasteiger partial charge on any atom is -0.466 e. The van der Waals surface area contributed by atoms with Crippen molar-refractivity contribution in [2.24, 2.45) is 0 Å². The molecular weight excluding hydrogens is 228 g/mol. The van der Waals surface area contributed by atoms with E-state index in [2.05, 4.69) is 0 Å². The molecule has 0 aliphatic carbocycles. The minimum absolute atomic E-state index is 0.00134. The van der Waals surface area contributed by atoms with Gasteiger partial charge in [0.25, 0.3) is 0 Å². The number of ether oxygens (including phenoxy) is 1. The van der Waals surface area contributed by atoms with Crippen LogP contribution in [0.5, 0.6) is 0 Å². The van der Waals surface area contributed by atoms with Crippen LogP contribution in [0.15, 0.2) is 40.8 Å². The van der Waals surface area contributed by atoms with Gasteiger partial charge in [0.1, 0.15) is 11.5 Å². The van der Waals surface area contributed by atoms with Crippen molar-refractivity contribution >= 4 is 5.78 Å². The van der Waals surface area contributed by atoms with Gasteiger partial charge in [-0.3, -0.25) is 4.79 Å². The smallest absolute Gasteiger partial charge is 0.196 e. The number of furan rings is 1. The number of carbonyl (C=O) groups excluding carboxylic acids is 1. The molecular formula is C15H16O3. The quantitative estimate of drug-likeness (QED) is 0.759. The van der Waals surface area contributed by atoms with E-state index < -0.39 is 0 Å². The lowest BCUT2D eigenvalue weighted by Gasteiger charge is -2.01. The lowest BCUT2D eigenvalue weighted by Crippen LogP contribution is -2.04. The highest BCUT2D eigenvalue weighted by Gasteiger charge is 2.17. The molecule has 18 heavy (non-hydrogen) atoms. The average Bonchev–Trinajstić information content (AvgIpc) is 2.77. The topological polar surface area (TPSA) is 39.4 Å². The summed E-state index contributed by atoms with van der Waals surface area (Å²) >= 11 is 0. The number of hydrogen-bond donors (Lipinski definition) is 0. The second kappa shape index (κ2) is 5.65. The molecule has 0 unspecified atom stereocenters. The van der Waals surface area contributed by atoms with Crippen molar-refractivity contribution in [1.29, 1.82) is 0 Å². The Balaban J connectivity index is 2.30. The van der Waals surface area contributed by atoms with Crippen LogP contribution in [-0.2, 0) is 11.2 Å². The van der Waals surface area contributed by atoms with E-state index in [9.17, 15) is 4.79 Å². The second-order valence-corrected chi connectivity index (χ2v) is 4.13. The molecule has 0 N–H and O–H groups in total. The van der Waals surface area contributed by atoms with Gasteiger partial charge in [0.2, 0.25) is 0 Å². The first-order chi connectivity index (χ1) is 8.72. The lowest BCUT2D eigenvalue weighted by atomic mass is 10.0. The largest absolute Gasteiger partial charge is 0.466 e. The van der Waals surface area contributed by atoms with Crippen LogP contribution in [0, 0.1) is 6.92 Å². The summed E-state index contributed by atoms with van der Waals surface area (Å²) in [6.07, 6.45) is 0.609. The van der Waals surface area contributed by atoms with E-state index in [4.69, 9.17) is 9.15 Å². The number of carbonyl (C=O) groups is 1. The van der Waals surface area contributed by atoms with E-state index in [0.29, 0.717) is 29.9 Å². The molecule has 1 heterocycles. The number of rotatable bonds is 5. The van der Waals surface area contributed by atoms with Crippen molar-refractivity contribution in [1.82, 2.24) is 0 Å². The van der Waals surface area contributed by atoms with Gasteiger partial charge in [0, 0.05) is 19.1 Å². The molecule has 3 nitrogen and oxygen atoms in total. The molecule has 0 radical (unpaired) electrons. The summed E-state index contributed by atoms with van der Waals surface area (Å²) in [4.78, 5) is 12.3. The number of aryl methyl sites for hydroxylation is 1. The van der Waals surface area contributed by atoms with Crippen molar-refractivity contribution in [2.75, 3.05) is 13.7 Å². The zero-order valence-corrected chi connectivity index (χ0v) is 10.6. The molecule has 3 heteroatoms. The van der Waals surface area contributed by atoms with Gasteiger partial charge < -0.3 is 9.15 Å². The van der Waals surface area contributed by atoms with Crippen LogP contribution in [-0.4, -0.2) is 19.5 Å². The zero-order chi connectivity index (χ0) is 13.0. The fourth-order valence-electron chi connectivity index (χ4n) is 1.88. The fraction of sp³-hybridized carbons (Fsp3) is 0.267. The highest BCUT2D eigenvalue weighted by Crippen LogP contribution is 2.19. The average molecular weight is 244 g/mol.